The Morgan fingerprint density at radius 3 is 2.95 bits per heavy atom. The molecule has 0 saturated carbocycles. The summed E-state index contributed by atoms with van der Waals surface area (Å²) in [6.45, 7) is 5.37. The van der Waals surface area contributed by atoms with Gasteiger partial charge in [-0.05, 0) is 13.0 Å². The zero-order valence-corrected chi connectivity index (χ0v) is 11.9. The number of hydrogen-bond donors (Lipinski definition) is 1. The molecular weight excluding hydrogens is 264 g/mol. The fraction of sp³-hybridized carbons (Fsp3) is 0.583. The Morgan fingerprint density at radius 2 is 2.26 bits per heavy atom. The van der Waals surface area contributed by atoms with Crippen LogP contribution in [-0.2, 0) is 16.6 Å². The molecule has 0 aliphatic carbocycles. The van der Waals surface area contributed by atoms with Crippen molar-refractivity contribution in [3.63, 3.8) is 0 Å². The van der Waals surface area contributed by atoms with Crippen molar-refractivity contribution in [2.24, 2.45) is 0 Å². The molecule has 0 bridgehead atoms. The zero-order valence-electron chi connectivity index (χ0n) is 11.1. The van der Waals surface area contributed by atoms with Gasteiger partial charge in [0.15, 0.2) is 0 Å². The SMILES string of the molecule is CCNCCn1cc(S(=O)(=O)N2CC=CCC2)cn1. The van der Waals surface area contributed by atoms with E-state index in [1.54, 1.807) is 10.9 Å². The van der Waals surface area contributed by atoms with Gasteiger partial charge in [0.05, 0.1) is 12.7 Å². The first-order valence-corrected chi connectivity index (χ1v) is 7.97. The highest BCUT2D eigenvalue weighted by molar-refractivity contribution is 7.89. The molecule has 0 unspecified atom stereocenters. The number of aromatic nitrogens is 2. The van der Waals surface area contributed by atoms with Crippen molar-refractivity contribution in [1.82, 2.24) is 19.4 Å². The van der Waals surface area contributed by atoms with E-state index >= 15 is 0 Å². The molecule has 0 radical (unpaired) electrons. The van der Waals surface area contributed by atoms with Gasteiger partial charge < -0.3 is 5.32 Å². The zero-order chi connectivity index (χ0) is 13.7. The highest BCUT2D eigenvalue weighted by atomic mass is 32.2. The lowest BCUT2D eigenvalue weighted by atomic mass is 10.3. The fourth-order valence-electron chi connectivity index (χ4n) is 1.96. The summed E-state index contributed by atoms with van der Waals surface area (Å²) in [5, 5.41) is 7.28. The van der Waals surface area contributed by atoms with Crippen molar-refractivity contribution >= 4 is 10.0 Å². The van der Waals surface area contributed by atoms with Crippen LogP contribution in [0, 0.1) is 0 Å². The molecule has 0 aromatic carbocycles. The largest absolute Gasteiger partial charge is 0.315 e. The van der Waals surface area contributed by atoms with E-state index in [0.29, 0.717) is 19.6 Å². The summed E-state index contributed by atoms with van der Waals surface area (Å²) >= 11 is 0. The third-order valence-corrected chi connectivity index (χ3v) is 4.85. The summed E-state index contributed by atoms with van der Waals surface area (Å²) in [5.74, 6) is 0. The quantitative estimate of drug-likeness (QED) is 0.608. The predicted molar refractivity (Wildman–Crippen MR) is 73.3 cm³/mol. The second-order valence-electron chi connectivity index (χ2n) is 4.42. The predicted octanol–water partition coefficient (Wildman–Crippen LogP) is 0.443. The lowest BCUT2D eigenvalue weighted by Gasteiger charge is -2.21. The van der Waals surface area contributed by atoms with Gasteiger partial charge in [0, 0.05) is 25.8 Å². The average molecular weight is 284 g/mol. The van der Waals surface area contributed by atoms with Crippen molar-refractivity contribution in [1.29, 1.82) is 0 Å². The molecule has 0 amide bonds. The molecular formula is C12H20N4O2S. The summed E-state index contributed by atoms with van der Waals surface area (Å²) in [6, 6.07) is 0. The van der Waals surface area contributed by atoms with Gasteiger partial charge in [-0.3, -0.25) is 4.68 Å². The fourth-order valence-corrected chi connectivity index (χ4v) is 3.32. The van der Waals surface area contributed by atoms with Crippen molar-refractivity contribution in [2.75, 3.05) is 26.2 Å². The standard InChI is InChI=1S/C12H20N4O2S/c1-2-13-6-9-15-11-12(10-14-15)19(17,18)16-7-4-3-5-8-16/h3-4,10-11,13H,2,5-9H2,1H3. The number of nitrogens with one attached hydrogen (secondary N) is 1. The van der Waals surface area contributed by atoms with E-state index in [-0.39, 0.29) is 4.90 Å². The van der Waals surface area contributed by atoms with Crippen LogP contribution in [0.4, 0.5) is 0 Å². The van der Waals surface area contributed by atoms with Crippen LogP contribution < -0.4 is 5.32 Å². The molecule has 1 aromatic heterocycles. The second-order valence-corrected chi connectivity index (χ2v) is 6.35. The highest BCUT2D eigenvalue weighted by Crippen LogP contribution is 2.17. The summed E-state index contributed by atoms with van der Waals surface area (Å²) < 4.78 is 27.9. The first-order valence-electron chi connectivity index (χ1n) is 6.53. The Bertz CT molecular complexity index is 536. The van der Waals surface area contributed by atoms with Gasteiger partial charge in [-0.1, -0.05) is 19.1 Å². The van der Waals surface area contributed by atoms with Crippen molar-refractivity contribution in [3.05, 3.63) is 24.5 Å². The Morgan fingerprint density at radius 1 is 1.42 bits per heavy atom. The molecule has 1 N–H and O–H groups in total. The van der Waals surface area contributed by atoms with Gasteiger partial charge >= 0.3 is 0 Å². The molecule has 0 saturated heterocycles. The van der Waals surface area contributed by atoms with Crippen LogP contribution in [0.5, 0.6) is 0 Å². The van der Waals surface area contributed by atoms with E-state index in [0.717, 1.165) is 19.5 Å². The topological polar surface area (TPSA) is 67.2 Å². The lowest BCUT2D eigenvalue weighted by Crippen LogP contribution is -2.33. The normalized spacial score (nSPS) is 16.9. The maximum Gasteiger partial charge on any atom is 0.246 e. The summed E-state index contributed by atoms with van der Waals surface area (Å²) in [4.78, 5) is 0.277. The van der Waals surface area contributed by atoms with E-state index in [4.69, 9.17) is 0 Å². The number of sulfonamides is 1. The lowest BCUT2D eigenvalue weighted by molar-refractivity contribution is 0.437. The number of likely N-dealkylation sites (N-methyl/N-ethyl adjacent to an activating group) is 1. The number of hydrogen-bond acceptors (Lipinski definition) is 4. The number of nitrogens with zero attached hydrogens (tertiary/aromatic N) is 3. The minimum atomic E-state index is -3.39. The molecule has 1 aliphatic rings. The van der Waals surface area contributed by atoms with Crippen LogP contribution in [0.25, 0.3) is 0 Å². The second kappa shape index (κ2) is 6.31. The van der Waals surface area contributed by atoms with E-state index in [1.165, 1.54) is 10.5 Å². The Kier molecular flexibility index (Phi) is 4.73. The summed E-state index contributed by atoms with van der Waals surface area (Å²) in [5.41, 5.74) is 0. The van der Waals surface area contributed by atoms with Crippen LogP contribution in [0.1, 0.15) is 13.3 Å². The van der Waals surface area contributed by atoms with E-state index < -0.39 is 10.0 Å². The first kappa shape index (κ1) is 14.2. The molecule has 2 heterocycles. The Hall–Kier alpha value is -1.18. The van der Waals surface area contributed by atoms with Gasteiger partial charge in [-0.25, -0.2) is 8.42 Å². The number of rotatable bonds is 6. The third-order valence-electron chi connectivity index (χ3n) is 3.04. The van der Waals surface area contributed by atoms with Gasteiger partial charge in [-0.15, -0.1) is 0 Å². The van der Waals surface area contributed by atoms with Gasteiger partial charge in [0.1, 0.15) is 4.90 Å². The minimum Gasteiger partial charge on any atom is -0.315 e. The Labute approximate surface area is 114 Å². The summed E-state index contributed by atoms with van der Waals surface area (Å²) in [6.07, 6.45) is 7.70. The molecule has 7 heteroatoms. The van der Waals surface area contributed by atoms with Crippen LogP contribution in [0.2, 0.25) is 0 Å². The highest BCUT2D eigenvalue weighted by Gasteiger charge is 2.25. The smallest absolute Gasteiger partial charge is 0.246 e. The maximum absolute atomic E-state index is 12.4. The first-order chi connectivity index (χ1) is 9.14. The molecule has 0 atom stereocenters. The van der Waals surface area contributed by atoms with Crippen LogP contribution in [0.3, 0.4) is 0 Å². The molecule has 0 fully saturated rings. The van der Waals surface area contributed by atoms with Crippen LogP contribution >= 0.6 is 0 Å². The molecule has 1 aliphatic heterocycles. The van der Waals surface area contributed by atoms with Crippen molar-refractivity contribution in [2.45, 2.75) is 24.8 Å². The van der Waals surface area contributed by atoms with Crippen LogP contribution in [-0.4, -0.2) is 48.7 Å². The Balaban J connectivity index is 2.06. The van der Waals surface area contributed by atoms with E-state index in [1.807, 2.05) is 19.1 Å². The van der Waals surface area contributed by atoms with Crippen molar-refractivity contribution < 1.29 is 8.42 Å². The maximum atomic E-state index is 12.4. The van der Waals surface area contributed by atoms with Gasteiger partial charge in [-0.2, -0.15) is 9.40 Å². The van der Waals surface area contributed by atoms with E-state index in [9.17, 15) is 8.42 Å². The molecule has 6 nitrogen and oxygen atoms in total. The van der Waals surface area contributed by atoms with Gasteiger partial charge in [0.25, 0.3) is 0 Å². The molecule has 2 rings (SSSR count). The summed E-state index contributed by atoms with van der Waals surface area (Å²) in [7, 11) is -3.39. The van der Waals surface area contributed by atoms with Crippen molar-refractivity contribution in [3.8, 4) is 0 Å². The van der Waals surface area contributed by atoms with Crippen LogP contribution in [0.15, 0.2) is 29.4 Å². The molecule has 19 heavy (non-hydrogen) atoms. The van der Waals surface area contributed by atoms with Gasteiger partial charge in [0.2, 0.25) is 10.0 Å². The average Bonchev–Trinajstić information content (AvgIpc) is 2.90. The van der Waals surface area contributed by atoms with E-state index in [2.05, 4.69) is 10.4 Å². The minimum absolute atomic E-state index is 0.277. The molecule has 106 valence electrons. The third kappa shape index (κ3) is 3.43. The monoisotopic (exact) mass is 284 g/mol. The molecule has 1 aromatic rings. The molecule has 0 spiro atoms.